The minimum Gasteiger partial charge on any atom is -0.120 e. The normalized spacial score (nSPS) is 12.6. The van der Waals surface area contributed by atoms with Gasteiger partial charge >= 0.3 is 0 Å². The number of benzene rings is 1. The molecule has 0 bridgehead atoms. The molecule has 128 valence electrons. The van der Waals surface area contributed by atoms with Gasteiger partial charge in [0.1, 0.15) is 0 Å². The number of hydrogen-bond acceptors (Lipinski definition) is 0. The van der Waals surface area contributed by atoms with Crippen molar-refractivity contribution in [2.24, 2.45) is 11.8 Å². The molecule has 0 aromatic heterocycles. The van der Waals surface area contributed by atoms with Gasteiger partial charge in [0, 0.05) is 5.92 Å². The minimum atomic E-state index is 0.455. The Labute approximate surface area is 145 Å². The molecule has 1 aromatic carbocycles. The molecule has 0 aliphatic heterocycles. The van der Waals surface area contributed by atoms with Crippen LogP contribution >= 0.6 is 0 Å². The highest BCUT2D eigenvalue weighted by atomic mass is 14.1. The Kier molecular flexibility index (Phi) is 14.4. The van der Waals surface area contributed by atoms with E-state index < -0.39 is 0 Å². The molecule has 0 aliphatic rings. The summed E-state index contributed by atoms with van der Waals surface area (Å²) in [4.78, 5) is 0. The smallest absolute Gasteiger partial charge is 0.0171 e. The summed E-state index contributed by atoms with van der Waals surface area (Å²) in [5, 5.41) is 0. The molecule has 0 N–H and O–H groups in total. The first-order valence-electron chi connectivity index (χ1n) is 9.26. The van der Waals surface area contributed by atoms with E-state index in [9.17, 15) is 0 Å². The summed E-state index contributed by atoms with van der Waals surface area (Å²) in [6, 6.07) is 11.0. The highest BCUT2D eigenvalue weighted by molar-refractivity contribution is 5.15. The average Bonchev–Trinajstić information content (AvgIpc) is 2.60. The zero-order chi connectivity index (χ0) is 17.3. The highest BCUT2D eigenvalue weighted by Crippen LogP contribution is 2.21. The van der Waals surface area contributed by atoms with Gasteiger partial charge in [-0.15, -0.1) is 25.5 Å². The number of unbranched alkanes of at least 4 members (excludes halogenated alkanes) is 3. The Hall–Kier alpha value is -1.48. The number of terminal acetylenes is 1. The summed E-state index contributed by atoms with van der Waals surface area (Å²) in [6.45, 7) is 10.5. The van der Waals surface area contributed by atoms with Crippen molar-refractivity contribution in [1.29, 1.82) is 0 Å². The first-order valence-corrected chi connectivity index (χ1v) is 9.26. The van der Waals surface area contributed by atoms with E-state index in [1.165, 1.54) is 63.4 Å². The first-order chi connectivity index (χ1) is 11.3. The van der Waals surface area contributed by atoms with Crippen molar-refractivity contribution in [2.45, 2.75) is 71.6 Å². The molecule has 23 heavy (non-hydrogen) atoms. The largest absolute Gasteiger partial charge is 0.120 e. The molecule has 2 unspecified atom stereocenters. The summed E-state index contributed by atoms with van der Waals surface area (Å²) >= 11 is 0. The monoisotopic (exact) mass is 312 g/mol. The summed E-state index contributed by atoms with van der Waals surface area (Å²) < 4.78 is 0. The Morgan fingerprint density at radius 1 is 0.957 bits per heavy atom. The van der Waals surface area contributed by atoms with E-state index in [1.54, 1.807) is 0 Å². The molecule has 0 radical (unpaired) electrons. The topological polar surface area (TPSA) is 0 Å². The molecule has 0 amide bonds. The Morgan fingerprint density at radius 3 is 2.13 bits per heavy atom. The predicted octanol–water partition coefficient (Wildman–Crippen LogP) is 7.06. The van der Waals surface area contributed by atoms with Gasteiger partial charge in [-0.1, -0.05) is 89.1 Å². The van der Waals surface area contributed by atoms with Gasteiger partial charge < -0.3 is 0 Å². The van der Waals surface area contributed by atoms with E-state index in [-0.39, 0.29) is 0 Å². The van der Waals surface area contributed by atoms with E-state index in [1.807, 2.05) is 0 Å². The lowest BCUT2D eigenvalue weighted by Gasteiger charge is -2.16. The van der Waals surface area contributed by atoms with E-state index in [4.69, 9.17) is 6.42 Å². The molecular weight excluding hydrogens is 276 g/mol. The third-order valence-electron chi connectivity index (χ3n) is 4.35. The molecule has 1 rings (SSSR count). The molecule has 0 fully saturated rings. The van der Waals surface area contributed by atoms with Crippen LogP contribution in [0.2, 0.25) is 0 Å². The zero-order valence-corrected chi connectivity index (χ0v) is 15.4. The van der Waals surface area contributed by atoms with Gasteiger partial charge in [0.25, 0.3) is 0 Å². The van der Waals surface area contributed by atoms with Crippen molar-refractivity contribution < 1.29 is 0 Å². The zero-order valence-electron chi connectivity index (χ0n) is 15.4. The van der Waals surface area contributed by atoms with Crippen molar-refractivity contribution in [2.75, 3.05) is 0 Å². The number of hydrogen-bond donors (Lipinski definition) is 0. The van der Waals surface area contributed by atoms with Crippen LogP contribution in [-0.2, 0) is 6.42 Å². The molecule has 0 aliphatic carbocycles. The van der Waals surface area contributed by atoms with E-state index in [0.29, 0.717) is 5.92 Å². The van der Waals surface area contributed by atoms with Crippen LogP contribution in [0.25, 0.3) is 0 Å². The molecular formula is C23H36. The van der Waals surface area contributed by atoms with Crippen molar-refractivity contribution in [1.82, 2.24) is 0 Å². The Morgan fingerprint density at radius 2 is 1.57 bits per heavy atom. The van der Waals surface area contributed by atoms with Gasteiger partial charge in [-0.05, 0) is 24.3 Å². The maximum atomic E-state index is 5.41. The molecule has 0 spiro atoms. The second kappa shape index (κ2) is 15.4. The van der Waals surface area contributed by atoms with E-state index in [2.05, 4.69) is 63.3 Å². The standard InChI is InChI=1S/C21H32.C2H4/c1-4-13-20(18-21-16-11-8-12-17-21)15-10-7-6-9-14-19(3)5-2;1-2/h2,8,11-12,16-17,19-20H,4,6-7,9-10,13-15,18H2,1,3H3;1-2H2. The molecule has 0 heterocycles. The maximum absolute atomic E-state index is 5.41. The van der Waals surface area contributed by atoms with Crippen molar-refractivity contribution in [3.63, 3.8) is 0 Å². The molecule has 0 saturated heterocycles. The van der Waals surface area contributed by atoms with Gasteiger partial charge in [-0.2, -0.15) is 0 Å². The predicted molar refractivity (Wildman–Crippen MR) is 105 cm³/mol. The lowest BCUT2D eigenvalue weighted by molar-refractivity contribution is 0.415. The first kappa shape index (κ1) is 21.5. The van der Waals surface area contributed by atoms with Crippen LogP contribution in [0.5, 0.6) is 0 Å². The van der Waals surface area contributed by atoms with Gasteiger partial charge in [0.15, 0.2) is 0 Å². The SMILES string of the molecule is C#CC(C)CCCCCCC(CCC)Cc1ccccc1.C=C. The molecule has 2 atom stereocenters. The lowest BCUT2D eigenvalue weighted by atomic mass is 9.90. The van der Waals surface area contributed by atoms with Crippen molar-refractivity contribution in [3.8, 4) is 12.3 Å². The van der Waals surface area contributed by atoms with Gasteiger partial charge in [-0.3, -0.25) is 0 Å². The van der Waals surface area contributed by atoms with Crippen LogP contribution < -0.4 is 0 Å². The summed E-state index contributed by atoms with van der Waals surface area (Å²) in [6.07, 6.45) is 17.3. The van der Waals surface area contributed by atoms with Crippen molar-refractivity contribution in [3.05, 3.63) is 49.1 Å². The molecule has 0 nitrogen and oxygen atoms in total. The third kappa shape index (κ3) is 11.7. The fourth-order valence-electron chi connectivity index (χ4n) is 3.02. The van der Waals surface area contributed by atoms with Crippen LogP contribution in [-0.4, -0.2) is 0 Å². The third-order valence-corrected chi connectivity index (χ3v) is 4.35. The number of rotatable bonds is 11. The molecule has 1 aromatic rings. The average molecular weight is 313 g/mol. The Bertz CT molecular complexity index is 398. The summed E-state index contributed by atoms with van der Waals surface area (Å²) in [5.74, 6) is 4.14. The van der Waals surface area contributed by atoms with Gasteiger partial charge in [0.05, 0.1) is 0 Å². The fraction of sp³-hybridized carbons (Fsp3) is 0.565. The highest BCUT2D eigenvalue weighted by Gasteiger charge is 2.08. The minimum absolute atomic E-state index is 0.455. The van der Waals surface area contributed by atoms with E-state index in [0.717, 1.165) is 5.92 Å². The quantitative estimate of drug-likeness (QED) is 0.233. The van der Waals surface area contributed by atoms with Crippen LogP contribution in [0.4, 0.5) is 0 Å². The van der Waals surface area contributed by atoms with Crippen LogP contribution in [0.3, 0.4) is 0 Å². The molecule has 0 saturated carbocycles. The lowest BCUT2D eigenvalue weighted by Crippen LogP contribution is -2.04. The summed E-state index contributed by atoms with van der Waals surface area (Å²) in [7, 11) is 0. The van der Waals surface area contributed by atoms with Crippen LogP contribution in [0.1, 0.15) is 70.8 Å². The summed E-state index contributed by atoms with van der Waals surface area (Å²) in [5.41, 5.74) is 1.50. The van der Waals surface area contributed by atoms with Gasteiger partial charge in [0.2, 0.25) is 0 Å². The van der Waals surface area contributed by atoms with Crippen LogP contribution in [0, 0.1) is 24.2 Å². The Balaban J connectivity index is 0.00000232. The maximum Gasteiger partial charge on any atom is 0.0171 e. The van der Waals surface area contributed by atoms with E-state index >= 15 is 0 Å². The fourth-order valence-corrected chi connectivity index (χ4v) is 3.02. The second-order valence-corrected chi connectivity index (χ2v) is 6.40. The second-order valence-electron chi connectivity index (χ2n) is 6.40. The van der Waals surface area contributed by atoms with Crippen molar-refractivity contribution >= 4 is 0 Å². The molecule has 0 heteroatoms. The van der Waals surface area contributed by atoms with Crippen LogP contribution in [0.15, 0.2) is 43.5 Å². The van der Waals surface area contributed by atoms with Gasteiger partial charge in [-0.25, -0.2) is 0 Å².